The van der Waals surface area contributed by atoms with E-state index >= 15 is 0 Å². The summed E-state index contributed by atoms with van der Waals surface area (Å²) in [6, 6.07) is 11.9. The molecule has 25 heavy (non-hydrogen) atoms. The zero-order chi connectivity index (χ0) is 18.4. The molecule has 0 aromatic heterocycles. The lowest BCUT2D eigenvalue weighted by Crippen LogP contribution is -2.21. The van der Waals surface area contributed by atoms with E-state index in [1.165, 1.54) is 11.8 Å². The summed E-state index contributed by atoms with van der Waals surface area (Å²) in [4.78, 5) is 24.8. The van der Waals surface area contributed by atoms with Crippen molar-refractivity contribution in [1.29, 1.82) is 0 Å². The third-order valence-corrected chi connectivity index (χ3v) is 4.69. The predicted molar refractivity (Wildman–Crippen MR) is 102 cm³/mol. The Bertz CT molecular complexity index is 766. The molecule has 0 aliphatic carbocycles. The van der Waals surface area contributed by atoms with Gasteiger partial charge in [-0.25, -0.2) is 0 Å². The molecule has 0 heterocycles. The SMILES string of the molecule is Cc1cc(C)cc(NC(=O)COC(=O)CSc2cc(C)ccc2C)c1. The fourth-order valence-corrected chi connectivity index (χ4v) is 3.35. The number of esters is 1. The van der Waals surface area contributed by atoms with Gasteiger partial charge in [0.15, 0.2) is 6.61 Å². The zero-order valence-corrected chi connectivity index (χ0v) is 15.8. The maximum Gasteiger partial charge on any atom is 0.316 e. The number of hydrogen-bond acceptors (Lipinski definition) is 4. The first kappa shape index (κ1) is 19.1. The van der Waals surface area contributed by atoms with E-state index in [0.717, 1.165) is 27.1 Å². The molecule has 0 atom stereocenters. The summed E-state index contributed by atoms with van der Waals surface area (Å²) in [5.41, 5.74) is 5.11. The number of nitrogens with one attached hydrogen (secondary N) is 1. The van der Waals surface area contributed by atoms with Gasteiger partial charge in [-0.2, -0.15) is 0 Å². The normalized spacial score (nSPS) is 10.4. The van der Waals surface area contributed by atoms with Crippen LogP contribution in [0.25, 0.3) is 0 Å². The van der Waals surface area contributed by atoms with Crippen LogP contribution in [0.1, 0.15) is 22.3 Å². The minimum Gasteiger partial charge on any atom is -0.455 e. The molecule has 2 aromatic carbocycles. The van der Waals surface area contributed by atoms with Crippen LogP contribution >= 0.6 is 11.8 Å². The topological polar surface area (TPSA) is 55.4 Å². The number of amides is 1. The molecule has 1 N–H and O–H groups in total. The summed E-state index contributed by atoms with van der Waals surface area (Å²) >= 11 is 1.42. The Labute approximate surface area is 153 Å². The molecule has 2 aromatic rings. The Hall–Kier alpha value is -2.27. The van der Waals surface area contributed by atoms with Gasteiger partial charge in [0.05, 0.1) is 5.75 Å². The van der Waals surface area contributed by atoms with Crippen LogP contribution in [0.4, 0.5) is 5.69 Å². The number of benzene rings is 2. The lowest BCUT2D eigenvalue weighted by Gasteiger charge is -2.09. The fourth-order valence-electron chi connectivity index (χ4n) is 2.43. The van der Waals surface area contributed by atoms with E-state index in [-0.39, 0.29) is 18.3 Å². The molecule has 0 fully saturated rings. The average molecular weight is 357 g/mol. The van der Waals surface area contributed by atoms with E-state index in [2.05, 4.69) is 5.32 Å². The molecule has 0 aliphatic heterocycles. The molecular weight excluding hydrogens is 334 g/mol. The second kappa shape index (κ2) is 8.72. The van der Waals surface area contributed by atoms with Crippen molar-refractivity contribution in [3.05, 3.63) is 58.7 Å². The Balaban J connectivity index is 1.79. The highest BCUT2D eigenvalue weighted by molar-refractivity contribution is 8.00. The van der Waals surface area contributed by atoms with Crippen molar-refractivity contribution < 1.29 is 14.3 Å². The average Bonchev–Trinajstić information content (AvgIpc) is 2.52. The minimum atomic E-state index is -0.401. The Morgan fingerprint density at radius 1 is 0.960 bits per heavy atom. The zero-order valence-electron chi connectivity index (χ0n) is 15.0. The van der Waals surface area contributed by atoms with E-state index in [9.17, 15) is 9.59 Å². The van der Waals surface area contributed by atoms with Crippen LogP contribution in [0.2, 0.25) is 0 Å². The van der Waals surface area contributed by atoms with Crippen molar-refractivity contribution in [2.24, 2.45) is 0 Å². The summed E-state index contributed by atoms with van der Waals surface area (Å²) in [6.07, 6.45) is 0. The first-order valence-electron chi connectivity index (χ1n) is 8.07. The first-order chi connectivity index (χ1) is 11.8. The van der Waals surface area contributed by atoms with Gasteiger partial charge in [-0.3, -0.25) is 9.59 Å². The number of aryl methyl sites for hydroxylation is 4. The van der Waals surface area contributed by atoms with Crippen molar-refractivity contribution in [2.75, 3.05) is 17.7 Å². The highest BCUT2D eigenvalue weighted by Crippen LogP contribution is 2.23. The minimum absolute atomic E-state index is 0.182. The lowest BCUT2D eigenvalue weighted by molar-refractivity contribution is -0.144. The smallest absolute Gasteiger partial charge is 0.316 e. The number of rotatable bonds is 6. The largest absolute Gasteiger partial charge is 0.455 e. The highest BCUT2D eigenvalue weighted by atomic mass is 32.2. The molecule has 0 unspecified atom stereocenters. The number of hydrogen-bond donors (Lipinski definition) is 1. The highest BCUT2D eigenvalue weighted by Gasteiger charge is 2.10. The molecule has 1 amide bonds. The van der Waals surface area contributed by atoms with Crippen LogP contribution in [0.15, 0.2) is 41.3 Å². The lowest BCUT2D eigenvalue weighted by atomic mass is 10.1. The van der Waals surface area contributed by atoms with Gasteiger partial charge < -0.3 is 10.1 Å². The maximum atomic E-state index is 11.9. The number of thioether (sulfide) groups is 1. The van der Waals surface area contributed by atoms with Gasteiger partial charge in [0.2, 0.25) is 0 Å². The number of anilines is 1. The van der Waals surface area contributed by atoms with E-state index < -0.39 is 5.97 Å². The van der Waals surface area contributed by atoms with Gasteiger partial charge >= 0.3 is 5.97 Å². The van der Waals surface area contributed by atoms with Crippen molar-refractivity contribution >= 4 is 29.3 Å². The van der Waals surface area contributed by atoms with Crippen molar-refractivity contribution in [2.45, 2.75) is 32.6 Å². The molecule has 2 rings (SSSR count). The van der Waals surface area contributed by atoms with Crippen molar-refractivity contribution in [1.82, 2.24) is 0 Å². The van der Waals surface area contributed by atoms with E-state index in [0.29, 0.717) is 5.69 Å². The van der Waals surface area contributed by atoms with Crippen LogP contribution in [-0.2, 0) is 14.3 Å². The Morgan fingerprint density at radius 3 is 2.32 bits per heavy atom. The molecule has 0 saturated carbocycles. The second-order valence-electron chi connectivity index (χ2n) is 6.14. The van der Waals surface area contributed by atoms with Gasteiger partial charge in [0, 0.05) is 10.6 Å². The molecular formula is C20H23NO3S. The van der Waals surface area contributed by atoms with Gasteiger partial charge in [0.25, 0.3) is 5.91 Å². The molecule has 0 aliphatic rings. The van der Waals surface area contributed by atoms with Crippen molar-refractivity contribution in [3.63, 3.8) is 0 Å². The summed E-state index contributed by atoms with van der Waals surface area (Å²) in [5.74, 6) is -0.558. The second-order valence-corrected chi connectivity index (χ2v) is 7.16. The molecule has 0 saturated heterocycles. The van der Waals surface area contributed by atoms with Crippen LogP contribution < -0.4 is 5.32 Å². The summed E-state index contributed by atoms with van der Waals surface area (Å²) in [5, 5.41) is 2.75. The summed E-state index contributed by atoms with van der Waals surface area (Å²) in [7, 11) is 0. The monoisotopic (exact) mass is 357 g/mol. The summed E-state index contributed by atoms with van der Waals surface area (Å²) in [6.45, 7) is 7.67. The molecule has 0 radical (unpaired) electrons. The van der Waals surface area contributed by atoms with Gasteiger partial charge in [-0.15, -0.1) is 11.8 Å². The molecule has 0 spiro atoms. The van der Waals surface area contributed by atoms with E-state index in [1.54, 1.807) is 0 Å². The number of ether oxygens (including phenoxy) is 1. The molecule has 0 bridgehead atoms. The summed E-state index contributed by atoms with van der Waals surface area (Å²) < 4.78 is 5.06. The number of carbonyl (C=O) groups excluding carboxylic acids is 2. The van der Waals surface area contributed by atoms with E-state index in [4.69, 9.17) is 4.74 Å². The predicted octanol–water partition coefficient (Wildman–Crippen LogP) is 4.19. The Kier molecular flexibility index (Phi) is 6.65. The first-order valence-corrected chi connectivity index (χ1v) is 9.06. The molecule has 4 nitrogen and oxygen atoms in total. The maximum absolute atomic E-state index is 11.9. The third kappa shape index (κ3) is 6.27. The molecule has 5 heteroatoms. The third-order valence-electron chi connectivity index (χ3n) is 3.56. The fraction of sp³-hybridized carbons (Fsp3) is 0.300. The van der Waals surface area contributed by atoms with Gasteiger partial charge in [-0.1, -0.05) is 23.8 Å². The van der Waals surface area contributed by atoms with Crippen LogP contribution in [-0.4, -0.2) is 24.2 Å². The Morgan fingerprint density at radius 2 is 1.64 bits per heavy atom. The quantitative estimate of drug-likeness (QED) is 0.622. The van der Waals surface area contributed by atoms with Crippen LogP contribution in [0.3, 0.4) is 0 Å². The standard InChI is InChI=1S/C20H23NO3S/c1-13-5-6-16(4)18(10-13)25-12-20(23)24-11-19(22)21-17-8-14(2)7-15(3)9-17/h5-10H,11-12H2,1-4H3,(H,21,22). The number of carbonyl (C=O) groups is 2. The van der Waals surface area contributed by atoms with Crippen LogP contribution in [0.5, 0.6) is 0 Å². The molecule has 132 valence electrons. The van der Waals surface area contributed by atoms with E-state index in [1.807, 2.05) is 64.1 Å². The van der Waals surface area contributed by atoms with Crippen LogP contribution in [0, 0.1) is 27.7 Å². The van der Waals surface area contributed by atoms with Gasteiger partial charge in [-0.05, 0) is 62.6 Å². The van der Waals surface area contributed by atoms with Crippen molar-refractivity contribution in [3.8, 4) is 0 Å². The van der Waals surface area contributed by atoms with Gasteiger partial charge in [0.1, 0.15) is 0 Å².